The second kappa shape index (κ2) is 10.5. The minimum atomic E-state index is -0.681. The molecule has 0 spiro atoms. The monoisotopic (exact) mass is 405 g/mol. The van der Waals surface area contributed by atoms with E-state index in [1.165, 1.54) is 31.0 Å². The van der Waals surface area contributed by atoms with Crippen molar-refractivity contribution in [3.8, 4) is 0 Å². The number of aliphatic hydroxyl groups is 1. The van der Waals surface area contributed by atoms with Gasteiger partial charge in [-0.05, 0) is 44.1 Å². The molecule has 1 fully saturated rings. The van der Waals surface area contributed by atoms with Gasteiger partial charge in [0.25, 0.3) is 5.91 Å². The Hall–Kier alpha value is -2.29. The number of halogens is 1. The summed E-state index contributed by atoms with van der Waals surface area (Å²) in [6.07, 6.45) is 4.85. The summed E-state index contributed by atoms with van der Waals surface area (Å²) in [6.45, 7) is 3.31. The SMILES string of the molecule is O=C(C[C@H]1C=C[C@H](NC(=O)c2cccc(F)c2)[C@H](CO)O1)NCCN1CCCC1. The van der Waals surface area contributed by atoms with E-state index in [4.69, 9.17) is 4.74 Å². The number of hydrogen-bond donors (Lipinski definition) is 3. The van der Waals surface area contributed by atoms with Crippen molar-refractivity contribution in [1.29, 1.82) is 0 Å². The van der Waals surface area contributed by atoms with Gasteiger partial charge in [-0.1, -0.05) is 18.2 Å². The zero-order valence-electron chi connectivity index (χ0n) is 16.4. The summed E-state index contributed by atoms with van der Waals surface area (Å²) in [6, 6.07) is 4.81. The Morgan fingerprint density at radius 3 is 2.76 bits per heavy atom. The predicted molar refractivity (Wildman–Crippen MR) is 106 cm³/mol. The molecule has 3 atom stereocenters. The molecule has 2 amide bonds. The standard InChI is InChI=1S/C21H28FN3O4/c22-16-5-3-4-15(12-16)21(28)24-18-7-6-17(29-19(18)14-26)13-20(27)23-8-11-25-9-1-2-10-25/h3-7,12,17-19,26H,1-2,8-11,13-14H2,(H,23,27)(H,24,28)/t17-,18+,19+/m1/s1. The van der Waals surface area contributed by atoms with Gasteiger partial charge in [0.15, 0.2) is 0 Å². The topological polar surface area (TPSA) is 90.9 Å². The fraction of sp³-hybridized carbons (Fsp3) is 0.524. The molecule has 1 aromatic rings. The Labute approximate surface area is 169 Å². The summed E-state index contributed by atoms with van der Waals surface area (Å²) in [5, 5.41) is 15.2. The summed E-state index contributed by atoms with van der Waals surface area (Å²) in [5.41, 5.74) is 0.189. The molecule has 0 radical (unpaired) electrons. The Kier molecular flexibility index (Phi) is 7.74. The van der Waals surface area contributed by atoms with Crippen molar-refractivity contribution in [1.82, 2.24) is 15.5 Å². The number of aliphatic hydroxyl groups excluding tert-OH is 1. The number of hydrogen-bond acceptors (Lipinski definition) is 5. The van der Waals surface area contributed by atoms with Gasteiger partial charge in [0.05, 0.1) is 25.2 Å². The Bertz CT molecular complexity index is 736. The van der Waals surface area contributed by atoms with Crippen LogP contribution >= 0.6 is 0 Å². The highest BCUT2D eigenvalue weighted by Crippen LogP contribution is 2.16. The van der Waals surface area contributed by atoms with Crippen LogP contribution in [0.15, 0.2) is 36.4 Å². The maximum Gasteiger partial charge on any atom is 0.251 e. The maximum atomic E-state index is 13.3. The number of carbonyl (C=O) groups excluding carboxylic acids is 2. The molecule has 0 aliphatic carbocycles. The van der Waals surface area contributed by atoms with Crippen LogP contribution in [-0.2, 0) is 9.53 Å². The van der Waals surface area contributed by atoms with Crippen molar-refractivity contribution in [2.45, 2.75) is 37.5 Å². The molecule has 29 heavy (non-hydrogen) atoms. The van der Waals surface area contributed by atoms with Gasteiger partial charge in [0.2, 0.25) is 5.91 Å². The molecule has 3 rings (SSSR count). The van der Waals surface area contributed by atoms with Crippen molar-refractivity contribution in [2.75, 3.05) is 32.8 Å². The molecule has 2 aliphatic rings. The van der Waals surface area contributed by atoms with Gasteiger partial charge < -0.3 is 25.4 Å². The van der Waals surface area contributed by atoms with Crippen LogP contribution in [-0.4, -0.2) is 72.9 Å². The van der Waals surface area contributed by atoms with Crippen LogP contribution in [0.3, 0.4) is 0 Å². The maximum absolute atomic E-state index is 13.3. The van der Waals surface area contributed by atoms with Crippen LogP contribution in [0.5, 0.6) is 0 Å². The molecule has 1 aromatic carbocycles. The number of amides is 2. The largest absolute Gasteiger partial charge is 0.394 e. The number of benzene rings is 1. The molecule has 1 saturated heterocycles. The van der Waals surface area contributed by atoms with Gasteiger partial charge in [0, 0.05) is 18.7 Å². The molecule has 2 aliphatic heterocycles. The lowest BCUT2D eigenvalue weighted by molar-refractivity contribution is -0.125. The molecule has 2 heterocycles. The molecule has 7 nitrogen and oxygen atoms in total. The van der Waals surface area contributed by atoms with Crippen LogP contribution in [0.25, 0.3) is 0 Å². The summed E-state index contributed by atoms with van der Waals surface area (Å²) < 4.78 is 19.1. The van der Waals surface area contributed by atoms with Crippen molar-refractivity contribution in [2.24, 2.45) is 0 Å². The number of nitrogens with zero attached hydrogens (tertiary/aromatic N) is 1. The van der Waals surface area contributed by atoms with Crippen LogP contribution in [0.2, 0.25) is 0 Å². The fourth-order valence-corrected chi connectivity index (χ4v) is 3.61. The minimum Gasteiger partial charge on any atom is -0.394 e. The van der Waals surface area contributed by atoms with E-state index < -0.39 is 30.0 Å². The first kappa shape index (κ1) is 21.4. The Balaban J connectivity index is 1.47. The van der Waals surface area contributed by atoms with E-state index in [9.17, 15) is 19.1 Å². The Morgan fingerprint density at radius 1 is 1.24 bits per heavy atom. The third-order valence-corrected chi connectivity index (χ3v) is 5.18. The lowest BCUT2D eigenvalue weighted by Gasteiger charge is -2.31. The lowest BCUT2D eigenvalue weighted by atomic mass is 10.0. The van der Waals surface area contributed by atoms with E-state index in [1.807, 2.05) is 0 Å². The average Bonchev–Trinajstić information content (AvgIpc) is 3.22. The normalized spacial score (nSPS) is 24.4. The highest BCUT2D eigenvalue weighted by molar-refractivity contribution is 5.94. The van der Waals surface area contributed by atoms with E-state index in [0.717, 1.165) is 25.7 Å². The molecular formula is C21H28FN3O4. The van der Waals surface area contributed by atoms with Crippen molar-refractivity contribution in [3.63, 3.8) is 0 Å². The number of nitrogens with one attached hydrogen (secondary N) is 2. The molecule has 3 N–H and O–H groups in total. The summed E-state index contributed by atoms with van der Waals surface area (Å²) in [7, 11) is 0. The highest BCUT2D eigenvalue weighted by Gasteiger charge is 2.29. The van der Waals surface area contributed by atoms with Gasteiger partial charge in [-0.25, -0.2) is 4.39 Å². The zero-order valence-corrected chi connectivity index (χ0v) is 16.4. The number of likely N-dealkylation sites (tertiary alicyclic amines) is 1. The number of ether oxygens (including phenoxy) is 1. The lowest BCUT2D eigenvalue weighted by Crippen LogP contribution is -2.49. The third kappa shape index (κ3) is 6.35. The first-order valence-electron chi connectivity index (χ1n) is 10.1. The Morgan fingerprint density at radius 2 is 2.03 bits per heavy atom. The number of carbonyl (C=O) groups is 2. The first-order valence-corrected chi connectivity index (χ1v) is 10.1. The van der Waals surface area contributed by atoms with E-state index in [0.29, 0.717) is 6.54 Å². The van der Waals surface area contributed by atoms with E-state index in [-0.39, 0.29) is 24.5 Å². The van der Waals surface area contributed by atoms with Crippen molar-refractivity contribution < 1.29 is 23.8 Å². The van der Waals surface area contributed by atoms with Crippen molar-refractivity contribution >= 4 is 11.8 Å². The van der Waals surface area contributed by atoms with Gasteiger partial charge in [-0.3, -0.25) is 9.59 Å². The third-order valence-electron chi connectivity index (χ3n) is 5.18. The van der Waals surface area contributed by atoms with Crippen molar-refractivity contribution in [3.05, 3.63) is 47.8 Å². The zero-order chi connectivity index (χ0) is 20.6. The second-order valence-electron chi connectivity index (χ2n) is 7.39. The van der Waals surface area contributed by atoms with E-state index in [1.54, 1.807) is 12.2 Å². The van der Waals surface area contributed by atoms with Gasteiger partial charge in [-0.2, -0.15) is 0 Å². The molecule has 0 aromatic heterocycles. The summed E-state index contributed by atoms with van der Waals surface area (Å²) >= 11 is 0. The summed E-state index contributed by atoms with van der Waals surface area (Å²) in [5.74, 6) is -1.07. The van der Waals surface area contributed by atoms with Crippen LogP contribution in [0.4, 0.5) is 4.39 Å². The van der Waals surface area contributed by atoms with Crippen LogP contribution < -0.4 is 10.6 Å². The average molecular weight is 405 g/mol. The number of rotatable bonds is 8. The van der Waals surface area contributed by atoms with E-state index in [2.05, 4.69) is 15.5 Å². The van der Waals surface area contributed by atoms with Gasteiger partial charge in [0.1, 0.15) is 11.9 Å². The smallest absolute Gasteiger partial charge is 0.251 e. The fourth-order valence-electron chi connectivity index (χ4n) is 3.61. The molecule has 0 bridgehead atoms. The second-order valence-corrected chi connectivity index (χ2v) is 7.39. The molecule has 8 heteroatoms. The van der Waals surface area contributed by atoms with E-state index >= 15 is 0 Å². The predicted octanol–water partition coefficient (Wildman–Crippen LogP) is 0.842. The molecular weight excluding hydrogens is 377 g/mol. The molecule has 0 saturated carbocycles. The van der Waals surface area contributed by atoms with Crippen LogP contribution in [0, 0.1) is 5.82 Å². The van der Waals surface area contributed by atoms with Gasteiger partial charge >= 0.3 is 0 Å². The van der Waals surface area contributed by atoms with Gasteiger partial charge in [-0.15, -0.1) is 0 Å². The summed E-state index contributed by atoms with van der Waals surface area (Å²) in [4.78, 5) is 26.8. The molecule has 158 valence electrons. The van der Waals surface area contributed by atoms with Crippen LogP contribution in [0.1, 0.15) is 29.6 Å². The highest BCUT2D eigenvalue weighted by atomic mass is 19.1. The molecule has 0 unspecified atom stereocenters. The quantitative estimate of drug-likeness (QED) is 0.558. The first-order chi connectivity index (χ1) is 14.0. The minimum absolute atomic E-state index is 0.113.